The summed E-state index contributed by atoms with van der Waals surface area (Å²) < 4.78 is 13.2. The highest BCUT2D eigenvalue weighted by molar-refractivity contribution is 6.31. The summed E-state index contributed by atoms with van der Waals surface area (Å²) in [6.07, 6.45) is 0. The second kappa shape index (κ2) is 8.55. The summed E-state index contributed by atoms with van der Waals surface area (Å²) in [5, 5.41) is 1.54. The maximum Gasteiger partial charge on any atom is 0.253 e. The molecule has 160 valence electrons. The molecular weight excluding hydrogens is 427 g/mol. The number of carbonyl (C=O) groups is 1. The van der Waals surface area contributed by atoms with Crippen LogP contribution in [0.1, 0.15) is 10.4 Å². The molecule has 5 rings (SSSR count). The van der Waals surface area contributed by atoms with E-state index in [4.69, 9.17) is 21.6 Å². The quantitative estimate of drug-likeness (QED) is 0.442. The molecule has 2 heterocycles. The first-order valence-electron chi connectivity index (χ1n) is 10.4. The van der Waals surface area contributed by atoms with Gasteiger partial charge in [0.05, 0.1) is 5.52 Å². The first kappa shape index (κ1) is 20.4. The van der Waals surface area contributed by atoms with Gasteiger partial charge in [-0.25, -0.2) is 14.4 Å². The Morgan fingerprint density at radius 3 is 2.31 bits per heavy atom. The molecule has 1 amide bonds. The summed E-state index contributed by atoms with van der Waals surface area (Å²) in [6, 6.07) is 21.1. The van der Waals surface area contributed by atoms with Crippen molar-refractivity contribution in [2.24, 2.45) is 0 Å². The summed E-state index contributed by atoms with van der Waals surface area (Å²) in [5.41, 5.74) is 2.21. The van der Waals surface area contributed by atoms with Gasteiger partial charge in [0.2, 0.25) is 0 Å². The topological polar surface area (TPSA) is 49.3 Å². The Hall–Kier alpha value is -3.51. The van der Waals surface area contributed by atoms with Gasteiger partial charge in [0.25, 0.3) is 5.91 Å². The van der Waals surface area contributed by atoms with Crippen molar-refractivity contribution in [2.75, 3.05) is 31.1 Å². The molecule has 1 saturated heterocycles. The molecule has 1 aliphatic heterocycles. The Balaban J connectivity index is 1.43. The highest BCUT2D eigenvalue weighted by Gasteiger charge is 2.25. The monoisotopic (exact) mass is 446 g/mol. The Kier molecular flexibility index (Phi) is 5.45. The van der Waals surface area contributed by atoms with E-state index in [1.165, 1.54) is 24.3 Å². The van der Waals surface area contributed by atoms with E-state index in [9.17, 15) is 9.18 Å². The highest BCUT2D eigenvalue weighted by atomic mass is 35.5. The first-order chi connectivity index (χ1) is 15.6. The lowest BCUT2D eigenvalue weighted by atomic mass is 10.1. The molecule has 0 saturated carbocycles. The number of anilines is 1. The number of fused-ring (bicyclic) bond motifs is 1. The lowest BCUT2D eigenvalue weighted by Gasteiger charge is -2.36. The molecule has 32 heavy (non-hydrogen) atoms. The number of rotatable bonds is 3. The Labute approximate surface area is 190 Å². The molecule has 0 aliphatic carbocycles. The van der Waals surface area contributed by atoms with E-state index in [0.717, 1.165) is 22.3 Å². The van der Waals surface area contributed by atoms with Gasteiger partial charge in [0.1, 0.15) is 11.6 Å². The third kappa shape index (κ3) is 4.01. The van der Waals surface area contributed by atoms with Crippen molar-refractivity contribution < 1.29 is 9.18 Å². The molecule has 1 fully saturated rings. The van der Waals surface area contributed by atoms with E-state index >= 15 is 0 Å². The number of carbonyl (C=O) groups excluding carboxylic acids is 1. The minimum Gasteiger partial charge on any atom is -0.352 e. The Morgan fingerprint density at radius 1 is 0.875 bits per heavy atom. The van der Waals surface area contributed by atoms with E-state index in [1.54, 1.807) is 4.90 Å². The molecule has 0 unspecified atom stereocenters. The fourth-order valence-electron chi connectivity index (χ4n) is 3.94. The molecule has 0 spiro atoms. The van der Waals surface area contributed by atoms with Crippen LogP contribution in [0.25, 0.3) is 22.3 Å². The number of benzene rings is 3. The average molecular weight is 447 g/mol. The minimum atomic E-state index is -0.351. The fraction of sp³-hybridized carbons (Fsp3) is 0.160. The van der Waals surface area contributed by atoms with Gasteiger partial charge in [-0.05, 0) is 42.5 Å². The van der Waals surface area contributed by atoms with Crippen molar-refractivity contribution in [3.8, 4) is 11.4 Å². The van der Waals surface area contributed by atoms with Gasteiger partial charge in [-0.2, -0.15) is 0 Å². The Morgan fingerprint density at radius 2 is 1.59 bits per heavy atom. The van der Waals surface area contributed by atoms with Gasteiger partial charge >= 0.3 is 0 Å². The van der Waals surface area contributed by atoms with Crippen LogP contribution in [0, 0.1) is 5.82 Å². The lowest BCUT2D eigenvalue weighted by molar-refractivity contribution is 0.0746. The molecule has 7 heteroatoms. The van der Waals surface area contributed by atoms with Crippen molar-refractivity contribution in [1.82, 2.24) is 14.9 Å². The SMILES string of the molecule is O=C(c1ccc(F)cc1)N1CCN(c2nc(-c3ccccc3)nc3cc(Cl)ccc23)CC1. The van der Waals surface area contributed by atoms with Crippen LogP contribution in [0.2, 0.25) is 5.02 Å². The van der Waals surface area contributed by atoms with E-state index < -0.39 is 0 Å². The summed E-state index contributed by atoms with van der Waals surface area (Å²) in [6.45, 7) is 2.37. The number of piperazine rings is 1. The molecule has 0 atom stereocenters. The van der Waals surface area contributed by atoms with Gasteiger partial charge < -0.3 is 9.80 Å². The molecule has 0 N–H and O–H groups in total. The predicted octanol–water partition coefficient (Wildman–Crippen LogP) is 5.05. The number of hydrogen-bond acceptors (Lipinski definition) is 4. The lowest BCUT2D eigenvalue weighted by Crippen LogP contribution is -2.49. The largest absolute Gasteiger partial charge is 0.352 e. The second-order valence-corrected chi connectivity index (χ2v) is 8.12. The molecule has 0 radical (unpaired) electrons. The Bertz CT molecular complexity index is 1270. The van der Waals surface area contributed by atoms with Gasteiger partial charge in [0, 0.05) is 47.7 Å². The molecule has 1 aliphatic rings. The number of nitrogens with zero attached hydrogens (tertiary/aromatic N) is 4. The zero-order valence-electron chi connectivity index (χ0n) is 17.2. The second-order valence-electron chi connectivity index (χ2n) is 7.68. The van der Waals surface area contributed by atoms with Crippen LogP contribution in [-0.2, 0) is 0 Å². The van der Waals surface area contributed by atoms with Crippen LogP contribution in [0.4, 0.5) is 10.2 Å². The molecule has 4 aromatic rings. The van der Waals surface area contributed by atoms with Crippen molar-refractivity contribution in [2.45, 2.75) is 0 Å². The number of halogens is 2. The molecule has 3 aromatic carbocycles. The molecule has 5 nitrogen and oxygen atoms in total. The van der Waals surface area contributed by atoms with Crippen molar-refractivity contribution in [3.05, 3.63) is 89.2 Å². The van der Waals surface area contributed by atoms with Crippen molar-refractivity contribution >= 4 is 34.2 Å². The standard InChI is InChI=1S/C25H20ClFN4O/c26-19-8-11-21-22(16-19)28-23(17-4-2-1-3-5-17)29-24(21)30-12-14-31(15-13-30)25(32)18-6-9-20(27)10-7-18/h1-11,16H,12-15H2. The fourth-order valence-corrected chi connectivity index (χ4v) is 4.11. The van der Waals surface area contributed by atoms with E-state index in [0.29, 0.717) is 42.6 Å². The summed E-state index contributed by atoms with van der Waals surface area (Å²) >= 11 is 6.24. The van der Waals surface area contributed by atoms with Gasteiger partial charge in [-0.15, -0.1) is 0 Å². The normalized spacial score (nSPS) is 14.1. The van der Waals surface area contributed by atoms with E-state index in [1.807, 2.05) is 48.5 Å². The third-order valence-electron chi connectivity index (χ3n) is 5.63. The van der Waals surface area contributed by atoms with Crippen LogP contribution in [0.3, 0.4) is 0 Å². The van der Waals surface area contributed by atoms with Gasteiger partial charge in [-0.3, -0.25) is 4.79 Å². The first-order valence-corrected chi connectivity index (χ1v) is 10.8. The van der Waals surface area contributed by atoms with Crippen molar-refractivity contribution in [1.29, 1.82) is 0 Å². The van der Waals surface area contributed by atoms with Crippen LogP contribution >= 0.6 is 11.6 Å². The smallest absolute Gasteiger partial charge is 0.253 e. The predicted molar refractivity (Wildman–Crippen MR) is 125 cm³/mol. The molecular formula is C25H20ClFN4O. The summed E-state index contributed by atoms with van der Waals surface area (Å²) in [5.74, 6) is 1.03. The molecule has 0 bridgehead atoms. The van der Waals surface area contributed by atoms with Crippen LogP contribution in [0.15, 0.2) is 72.8 Å². The number of amides is 1. The minimum absolute atomic E-state index is 0.0889. The van der Waals surface area contributed by atoms with Crippen LogP contribution < -0.4 is 4.90 Å². The maximum atomic E-state index is 13.2. The third-order valence-corrected chi connectivity index (χ3v) is 5.86. The highest BCUT2D eigenvalue weighted by Crippen LogP contribution is 2.30. The van der Waals surface area contributed by atoms with E-state index in [2.05, 4.69) is 4.90 Å². The zero-order valence-corrected chi connectivity index (χ0v) is 18.0. The summed E-state index contributed by atoms with van der Waals surface area (Å²) in [4.78, 5) is 26.4. The van der Waals surface area contributed by atoms with Gasteiger partial charge in [-0.1, -0.05) is 41.9 Å². The van der Waals surface area contributed by atoms with Crippen LogP contribution in [-0.4, -0.2) is 47.0 Å². The number of aromatic nitrogens is 2. The summed E-state index contributed by atoms with van der Waals surface area (Å²) in [7, 11) is 0. The van der Waals surface area contributed by atoms with Crippen LogP contribution in [0.5, 0.6) is 0 Å². The van der Waals surface area contributed by atoms with Gasteiger partial charge in [0.15, 0.2) is 5.82 Å². The maximum absolute atomic E-state index is 13.2. The number of hydrogen-bond donors (Lipinski definition) is 0. The zero-order chi connectivity index (χ0) is 22.1. The van der Waals surface area contributed by atoms with Crippen molar-refractivity contribution in [3.63, 3.8) is 0 Å². The van der Waals surface area contributed by atoms with E-state index in [-0.39, 0.29) is 11.7 Å². The average Bonchev–Trinajstić information content (AvgIpc) is 2.84. The molecule has 1 aromatic heterocycles.